The zero-order valence-corrected chi connectivity index (χ0v) is 8.42. The Kier molecular flexibility index (Phi) is 11.7. The van der Waals surface area contributed by atoms with E-state index in [-0.39, 0.29) is 6.61 Å². The van der Waals surface area contributed by atoms with Crippen LogP contribution in [0, 0.1) is 0 Å². The van der Waals surface area contributed by atoms with E-state index in [1.807, 2.05) is 7.05 Å². The second kappa shape index (κ2) is 11.8. The van der Waals surface area contributed by atoms with E-state index >= 15 is 0 Å². The van der Waals surface area contributed by atoms with Gasteiger partial charge in [-0.25, -0.2) is 0 Å². The van der Waals surface area contributed by atoms with Crippen molar-refractivity contribution in [3.63, 3.8) is 0 Å². The van der Waals surface area contributed by atoms with Crippen LogP contribution in [0.1, 0.15) is 12.8 Å². The first-order valence-corrected chi connectivity index (χ1v) is 4.82. The van der Waals surface area contributed by atoms with Gasteiger partial charge in [0.25, 0.3) is 0 Å². The maximum absolute atomic E-state index is 8.40. The zero-order valence-electron chi connectivity index (χ0n) is 8.42. The van der Waals surface area contributed by atoms with Crippen molar-refractivity contribution in [3.05, 3.63) is 0 Å². The van der Waals surface area contributed by atoms with Crippen LogP contribution < -0.4 is 5.32 Å². The molecule has 0 bridgehead atoms. The first-order valence-electron chi connectivity index (χ1n) is 4.82. The van der Waals surface area contributed by atoms with Crippen molar-refractivity contribution < 1.29 is 14.6 Å². The minimum Gasteiger partial charge on any atom is -0.394 e. The van der Waals surface area contributed by atoms with E-state index < -0.39 is 0 Å². The maximum Gasteiger partial charge on any atom is 0.0697 e. The first kappa shape index (κ1) is 12.8. The van der Waals surface area contributed by atoms with Crippen LogP contribution >= 0.6 is 0 Å². The minimum absolute atomic E-state index is 0.100. The van der Waals surface area contributed by atoms with Crippen LogP contribution in [0.15, 0.2) is 0 Å². The van der Waals surface area contributed by atoms with Gasteiger partial charge in [-0.3, -0.25) is 0 Å². The van der Waals surface area contributed by atoms with Crippen molar-refractivity contribution in [1.29, 1.82) is 0 Å². The number of aliphatic hydroxyl groups is 1. The molecule has 0 aliphatic rings. The fourth-order valence-corrected chi connectivity index (χ4v) is 0.883. The Labute approximate surface area is 80.2 Å². The molecule has 0 heterocycles. The Bertz CT molecular complexity index is 80.9. The third-order valence-electron chi connectivity index (χ3n) is 1.53. The van der Waals surface area contributed by atoms with E-state index in [0.29, 0.717) is 13.2 Å². The molecule has 2 N–H and O–H groups in total. The summed E-state index contributed by atoms with van der Waals surface area (Å²) in [6, 6.07) is 0. The fraction of sp³-hybridized carbons (Fsp3) is 1.00. The number of aliphatic hydroxyl groups excluding tert-OH is 1. The van der Waals surface area contributed by atoms with Gasteiger partial charge >= 0.3 is 0 Å². The SMILES string of the molecule is CNCCCOCCCOCCO. The van der Waals surface area contributed by atoms with Crippen LogP contribution in [-0.2, 0) is 9.47 Å². The van der Waals surface area contributed by atoms with Crippen molar-refractivity contribution in [2.45, 2.75) is 12.8 Å². The highest BCUT2D eigenvalue weighted by Crippen LogP contribution is 1.86. The Balaban J connectivity index is 2.76. The summed E-state index contributed by atoms with van der Waals surface area (Å²) in [5.41, 5.74) is 0. The predicted molar refractivity (Wildman–Crippen MR) is 51.9 cm³/mol. The van der Waals surface area contributed by atoms with Crippen molar-refractivity contribution in [3.8, 4) is 0 Å². The normalized spacial score (nSPS) is 10.6. The molecule has 13 heavy (non-hydrogen) atoms. The second-order valence-corrected chi connectivity index (χ2v) is 2.76. The average Bonchev–Trinajstić information content (AvgIpc) is 2.16. The van der Waals surface area contributed by atoms with Crippen LogP contribution in [0.5, 0.6) is 0 Å². The fourth-order valence-electron chi connectivity index (χ4n) is 0.883. The first-order chi connectivity index (χ1) is 6.41. The molecule has 0 amide bonds. The van der Waals surface area contributed by atoms with E-state index in [1.165, 1.54) is 0 Å². The number of nitrogens with one attached hydrogen (secondary N) is 1. The Hall–Kier alpha value is -0.160. The van der Waals surface area contributed by atoms with Gasteiger partial charge in [0.05, 0.1) is 13.2 Å². The molecule has 4 heteroatoms. The highest BCUT2D eigenvalue weighted by molar-refractivity contribution is 4.40. The number of hydrogen-bond donors (Lipinski definition) is 2. The third kappa shape index (κ3) is 11.8. The molecule has 0 fully saturated rings. The highest BCUT2D eigenvalue weighted by atomic mass is 16.5. The topological polar surface area (TPSA) is 50.7 Å². The third-order valence-corrected chi connectivity index (χ3v) is 1.53. The molecule has 0 aromatic carbocycles. The lowest BCUT2D eigenvalue weighted by atomic mass is 10.4. The van der Waals surface area contributed by atoms with Gasteiger partial charge < -0.3 is 19.9 Å². The lowest BCUT2D eigenvalue weighted by Crippen LogP contribution is -2.11. The molecule has 0 radical (unpaired) electrons. The minimum atomic E-state index is 0.100. The summed E-state index contributed by atoms with van der Waals surface area (Å²) >= 11 is 0. The molecule has 0 unspecified atom stereocenters. The summed E-state index contributed by atoms with van der Waals surface area (Å²) in [4.78, 5) is 0. The summed E-state index contributed by atoms with van der Waals surface area (Å²) in [5, 5.41) is 11.5. The molecule has 0 spiro atoms. The largest absolute Gasteiger partial charge is 0.394 e. The van der Waals surface area contributed by atoms with Crippen LogP contribution in [0.25, 0.3) is 0 Å². The van der Waals surface area contributed by atoms with Crippen LogP contribution in [0.2, 0.25) is 0 Å². The van der Waals surface area contributed by atoms with Crippen molar-refractivity contribution in [1.82, 2.24) is 5.32 Å². The number of rotatable bonds is 10. The Morgan fingerprint density at radius 2 is 1.62 bits per heavy atom. The van der Waals surface area contributed by atoms with Gasteiger partial charge in [0.15, 0.2) is 0 Å². The lowest BCUT2D eigenvalue weighted by molar-refractivity contribution is 0.0634. The van der Waals surface area contributed by atoms with Crippen LogP contribution in [0.3, 0.4) is 0 Å². The maximum atomic E-state index is 8.40. The quantitative estimate of drug-likeness (QED) is 0.478. The van der Waals surface area contributed by atoms with Gasteiger partial charge in [-0.15, -0.1) is 0 Å². The van der Waals surface area contributed by atoms with E-state index in [2.05, 4.69) is 5.32 Å². The molecule has 0 saturated carbocycles. The van der Waals surface area contributed by atoms with Gasteiger partial charge in [0, 0.05) is 19.8 Å². The van der Waals surface area contributed by atoms with Crippen molar-refractivity contribution in [2.75, 3.05) is 46.6 Å². The molecular formula is C9H21NO3. The van der Waals surface area contributed by atoms with Gasteiger partial charge in [0.2, 0.25) is 0 Å². The standard InChI is InChI=1S/C9H21NO3/c1-10-4-2-6-12-7-3-8-13-9-5-11/h10-11H,2-9H2,1H3. The van der Waals surface area contributed by atoms with Gasteiger partial charge in [-0.2, -0.15) is 0 Å². The number of hydrogen-bond acceptors (Lipinski definition) is 4. The Morgan fingerprint density at radius 1 is 1.00 bits per heavy atom. The average molecular weight is 191 g/mol. The molecule has 0 saturated heterocycles. The van der Waals surface area contributed by atoms with E-state index in [4.69, 9.17) is 14.6 Å². The summed E-state index contributed by atoms with van der Waals surface area (Å²) in [5.74, 6) is 0. The molecule has 0 rings (SSSR count). The summed E-state index contributed by atoms with van der Waals surface area (Å²) < 4.78 is 10.4. The molecule has 0 aliphatic heterocycles. The van der Waals surface area contributed by atoms with E-state index in [1.54, 1.807) is 0 Å². The summed E-state index contributed by atoms with van der Waals surface area (Å²) in [7, 11) is 1.93. The molecule has 80 valence electrons. The Morgan fingerprint density at radius 3 is 2.23 bits per heavy atom. The lowest BCUT2D eigenvalue weighted by Gasteiger charge is -2.04. The molecular weight excluding hydrogens is 170 g/mol. The number of ether oxygens (including phenoxy) is 2. The summed E-state index contributed by atoms with van der Waals surface area (Å²) in [6.45, 7) is 3.76. The van der Waals surface area contributed by atoms with Crippen molar-refractivity contribution >= 4 is 0 Å². The molecule has 0 aromatic rings. The molecule has 0 aliphatic carbocycles. The molecule has 4 nitrogen and oxygen atoms in total. The molecule has 0 aromatic heterocycles. The van der Waals surface area contributed by atoms with Gasteiger partial charge in [-0.1, -0.05) is 0 Å². The van der Waals surface area contributed by atoms with Crippen molar-refractivity contribution in [2.24, 2.45) is 0 Å². The summed E-state index contributed by atoms with van der Waals surface area (Å²) in [6.07, 6.45) is 1.95. The van der Waals surface area contributed by atoms with Gasteiger partial charge in [-0.05, 0) is 26.4 Å². The van der Waals surface area contributed by atoms with Crippen LogP contribution in [-0.4, -0.2) is 51.7 Å². The predicted octanol–water partition coefficient (Wildman–Crippen LogP) is 0.0115. The van der Waals surface area contributed by atoms with E-state index in [9.17, 15) is 0 Å². The zero-order chi connectivity index (χ0) is 9.78. The second-order valence-electron chi connectivity index (χ2n) is 2.76. The van der Waals surface area contributed by atoms with E-state index in [0.717, 1.165) is 32.6 Å². The molecule has 0 atom stereocenters. The monoisotopic (exact) mass is 191 g/mol. The highest BCUT2D eigenvalue weighted by Gasteiger charge is 1.89. The van der Waals surface area contributed by atoms with Crippen LogP contribution in [0.4, 0.5) is 0 Å². The van der Waals surface area contributed by atoms with Gasteiger partial charge in [0.1, 0.15) is 0 Å². The smallest absolute Gasteiger partial charge is 0.0697 e.